The van der Waals surface area contributed by atoms with Crippen molar-refractivity contribution in [2.75, 3.05) is 28.4 Å². The minimum atomic E-state index is -2.57. The summed E-state index contributed by atoms with van der Waals surface area (Å²) < 4.78 is 32.6. The topological polar surface area (TPSA) is 46.2 Å². The van der Waals surface area contributed by atoms with E-state index in [-0.39, 0.29) is 21.7 Å². The molecule has 5 nitrogen and oxygen atoms in total. The molecule has 0 amide bonds. The van der Waals surface area contributed by atoms with Crippen molar-refractivity contribution in [1.82, 2.24) is 0 Å². The van der Waals surface area contributed by atoms with Gasteiger partial charge < -0.3 is 23.1 Å². The fourth-order valence-electron chi connectivity index (χ4n) is 6.34. The molecule has 0 radical (unpaired) electrons. The van der Waals surface area contributed by atoms with E-state index in [0.717, 1.165) is 43.7 Å². The Morgan fingerprint density at radius 1 is 0.333 bits per heavy atom. The van der Waals surface area contributed by atoms with E-state index < -0.39 is 18.1 Å². The lowest BCUT2D eigenvalue weighted by Gasteiger charge is -2.31. The first-order chi connectivity index (χ1) is 23.6. The minimum absolute atomic E-state index is 0.0443. The van der Waals surface area contributed by atoms with Crippen molar-refractivity contribution < 1.29 is 23.1 Å². The molecule has 4 rings (SSSR count). The summed E-state index contributed by atoms with van der Waals surface area (Å²) in [6.07, 6.45) is 0. The summed E-state index contributed by atoms with van der Waals surface area (Å²) in [7, 11) is 1.90. The fourth-order valence-corrected chi connectivity index (χ4v) is 13.4. The van der Waals surface area contributed by atoms with Gasteiger partial charge in [-0.1, -0.05) is 132 Å². The number of hydrogen-bond donors (Lipinski definition) is 0. The molecule has 0 aliphatic carbocycles. The van der Waals surface area contributed by atoms with Crippen LogP contribution in [0.1, 0.15) is 105 Å². The van der Waals surface area contributed by atoms with Crippen LogP contribution >= 0.6 is 0 Å². The van der Waals surface area contributed by atoms with Crippen LogP contribution in [0.15, 0.2) is 72.8 Å². The van der Waals surface area contributed by atoms with Gasteiger partial charge in [0.15, 0.2) is 0 Å². The Morgan fingerprint density at radius 3 is 0.686 bits per heavy atom. The lowest BCUT2D eigenvalue weighted by atomic mass is 9.87. The van der Waals surface area contributed by atoms with Crippen molar-refractivity contribution in [3.05, 3.63) is 95.1 Å². The maximum Gasteiger partial charge on any atom is 0.236 e. The molecule has 0 spiro atoms. The van der Waals surface area contributed by atoms with E-state index in [1.807, 2.05) is 0 Å². The van der Waals surface area contributed by atoms with Crippen molar-refractivity contribution in [1.29, 1.82) is 0 Å². The number of hydrogen-bond acceptors (Lipinski definition) is 5. The van der Waals surface area contributed by atoms with Crippen LogP contribution in [0.3, 0.4) is 0 Å². The lowest BCUT2D eigenvalue weighted by molar-refractivity contribution is 0.411. The molecule has 0 fully saturated rings. The quantitative estimate of drug-likeness (QED) is 0.161. The maximum absolute atomic E-state index is 7.82. The van der Waals surface area contributed by atoms with E-state index in [4.69, 9.17) is 23.1 Å². The molecule has 0 aliphatic rings. The van der Waals surface area contributed by atoms with Gasteiger partial charge in [-0.2, -0.15) is 0 Å². The van der Waals surface area contributed by atoms with Crippen LogP contribution in [0.4, 0.5) is 0 Å². The van der Waals surface area contributed by atoms with Gasteiger partial charge in [0.1, 0.15) is 23.0 Å². The molecule has 0 heterocycles. The fraction of sp³-hybridized carbons (Fsp3) is 0.455. The number of rotatable bonds is 10. The first kappa shape index (κ1) is 40.2. The average Bonchev–Trinajstić information content (AvgIpc) is 3.06. The van der Waals surface area contributed by atoms with Crippen LogP contribution in [0, 0.1) is 0 Å². The van der Waals surface area contributed by atoms with Gasteiger partial charge in [-0.25, -0.2) is 0 Å². The van der Waals surface area contributed by atoms with E-state index in [1.54, 1.807) is 28.4 Å². The highest BCUT2D eigenvalue weighted by Crippen LogP contribution is 2.30. The molecule has 0 saturated heterocycles. The molecule has 4 aromatic carbocycles. The Balaban J connectivity index is 2.09. The summed E-state index contributed by atoms with van der Waals surface area (Å²) in [5.74, 6) is 3.33. The smallest absolute Gasteiger partial charge is 0.236 e. The molecule has 0 unspecified atom stereocenters. The third kappa shape index (κ3) is 9.11. The molecule has 4 aromatic rings. The molecule has 0 aliphatic heterocycles. The third-order valence-electron chi connectivity index (χ3n) is 9.80. The summed E-state index contributed by atoms with van der Waals surface area (Å²) in [6, 6.07) is 26.5. The van der Waals surface area contributed by atoms with Crippen molar-refractivity contribution in [3.63, 3.8) is 0 Å². The standard InChI is InChI=1S/C44H62O5Si2/c1-41(2,3)29-17-21-37(33(25-29)45-13)50(38-22-18-30(42(4,5)6)26-34(38)46-14)49-51(39-23-19-31(43(7,8)9)27-35(39)47-15)40-24-20-32(44(10,11)12)28-36(40)48-16/h17-28,50-51H,1-16H3. The maximum atomic E-state index is 7.82. The van der Waals surface area contributed by atoms with E-state index in [9.17, 15) is 0 Å². The first-order valence-electron chi connectivity index (χ1n) is 18.0. The molecular weight excluding hydrogens is 665 g/mol. The van der Waals surface area contributed by atoms with Gasteiger partial charge in [0.25, 0.3) is 0 Å². The Hall–Kier alpha value is -3.53. The highest BCUT2D eigenvalue weighted by molar-refractivity contribution is 6.93. The Labute approximate surface area is 312 Å². The van der Waals surface area contributed by atoms with Crippen LogP contribution in [-0.4, -0.2) is 46.5 Å². The zero-order chi connectivity index (χ0) is 38.1. The second-order valence-electron chi connectivity index (χ2n) is 17.7. The number of benzene rings is 4. The summed E-state index contributed by atoms with van der Waals surface area (Å²) in [6.45, 7) is 26.7. The normalized spacial score (nSPS) is 12.7. The molecule has 51 heavy (non-hydrogen) atoms. The summed E-state index contributed by atoms with van der Waals surface area (Å²) in [4.78, 5) is 0. The first-order valence-corrected chi connectivity index (χ1v) is 21.3. The Kier molecular flexibility index (Phi) is 12.0. The Bertz CT molecular complexity index is 1560. The van der Waals surface area contributed by atoms with Gasteiger partial charge in [0, 0.05) is 20.7 Å². The van der Waals surface area contributed by atoms with Crippen LogP contribution in [-0.2, 0) is 25.8 Å². The second-order valence-corrected chi connectivity index (χ2v) is 22.8. The zero-order valence-corrected chi connectivity index (χ0v) is 36.4. The van der Waals surface area contributed by atoms with Crippen molar-refractivity contribution in [2.24, 2.45) is 0 Å². The van der Waals surface area contributed by atoms with Crippen molar-refractivity contribution in [3.8, 4) is 23.0 Å². The molecule has 7 heteroatoms. The van der Waals surface area contributed by atoms with Gasteiger partial charge in [-0.3, -0.25) is 0 Å². The highest BCUT2D eigenvalue weighted by Gasteiger charge is 2.35. The highest BCUT2D eigenvalue weighted by atomic mass is 28.4. The third-order valence-corrected chi connectivity index (χ3v) is 16.1. The predicted molar refractivity (Wildman–Crippen MR) is 221 cm³/mol. The van der Waals surface area contributed by atoms with Crippen molar-refractivity contribution >= 4 is 38.8 Å². The van der Waals surface area contributed by atoms with Crippen LogP contribution in [0.2, 0.25) is 0 Å². The molecule has 0 atom stereocenters. The summed E-state index contributed by atoms with van der Waals surface area (Å²) >= 11 is 0. The van der Waals surface area contributed by atoms with E-state index in [1.165, 1.54) is 22.3 Å². The molecule has 0 N–H and O–H groups in total. The predicted octanol–water partition coefficient (Wildman–Crippen LogP) is 7.30. The van der Waals surface area contributed by atoms with Crippen molar-refractivity contribution in [2.45, 2.75) is 105 Å². The molecule has 276 valence electrons. The van der Waals surface area contributed by atoms with Gasteiger partial charge in [-0.15, -0.1) is 0 Å². The van der Waals surface area contributed by atoms with Gasteiger partial charge in [0.2, 0.25) is 18.1 Å². The van der Waals surface area contributed by atoms with Crippen LogP contribution in [0.25, 0.3) is 0 Å². The lowest BCUT2D eigenvalue weighted by Crippen LogP contribution is -2.57. The average molecular weight is 727 g/mol. The Morgan fingerprint density at radius 2 is 0.529 bits per heavy atom. The summed E-state index contributed by atoms with van der Waals surface area (Å²) in [5, 5.41) is 4.28. The largest absolute Gasteiger partial charge is 0.497 e. The number of ether oxygens (including phenoxy) is 4. The van der Waals surface area contributed by atoms with Gasteiger partial charge >= 0.3 is 0 Å². The van der Waals surface area contributed by atoms with E-state index in [0.29, 0.717) is 0 Å². The summed E-state index contributed by atoms with van der Waals surface area (Å²) in [5.41, 5.74) is 4.65. The second kappa shape index (κ2) is 15.2. The molecule has 0 aromatic heterocycles. The van der Waals surface area contributed by atoms with Gasteiger partial charge in [-0.05, 0) is 68.2 Å². The molecule has 0 bridgehead atoms. The van der Waals surface area contributed by atoms with E-state index >= 15 is 0 Å². The molecule has 0 saturated carbocycles. The minimum Gasteiger partial charge on any atom is -0.497 e. The van der Waals surface area contributed by atoms with E-state index in [2.05, 4.69) is 156 Å². The van der Waals surface area contributed by atoms with Crippen LogP contribution < -0.4 is 39.7 Å². The van der Waals surface area contributed by atoms with Gasteiger partial charge in [0.05, 0.1) is 28.4 Å². The SMILES string of the molecule is COc1cc(C(C)(C)C)ccc1[SiH](O[SiH](c1ccc(C(C)(C)C)cc1OC)c1ccc(C(C)(C)C)cc1OC)c1ccc(C(C)(C)C)cc1OC. The number of methoxy groups -OCH3 is 4. The van der Waals surface area contributed by atoms with Crippen LogP contribution in [0.5, 0.6) is 23.0 Å². The zero-order valence-electron chi connectivity index (χ0n) is 34.1. The monoisotopic (exact) mass is 726 g/mol. The molecular formula is C44H62O5Si2.